The number of halogens is 3. The average molecular weight is 525 g/mol. The number of allylic oxidation sites excluding steroid dienone is 2. The lowest BCUT2D eigenvalue weighted by atomic mass is 9.72. The molecule has 1 heterocycles. The maximum absolute atomic E-state index is 13.6. The minimum Gasteiger partial charge on any atom is -0.465 e. The number of amides is 1. The van der Waals surface area contributed by atoms with Crippen molar-refractivity contribution < 1.29 is 27.5 Å². The third-order valence-corrected chi connectivity index (χ3v) is 7.40. The van der Waals surface area contributed by atoms with Crippen molar-refractivity contribution >= 4 is 11.9 Å². The number of fused-ring (bicyclic) bond motifs is 1. The normalized spacial score (nSPS) is 21.3. The largest absolute Gasteiger partial charge is 0.465 e. The second kappa shape index (κ2) is 10.5. The molecule has 2 aliphatic rings. The number of likely N-dealkylation sites (N-methyl/N-ethyl adjacent to an activating group) is 1. The number of carbonyl (C=O) groups excluding carboxylic acids is 2. The highest BCUT2D eigenvalue weighted by Gasteiger charge is 2.48. The molecule has 0 aromatic heterocycles. The van der Waals surface area contributed by atoms with E-state index >= 15 is 0 Å². The van der Waals surface area contributed by atoms with Gasteiger partial charge >= 0.3 is 12.1 Å². The number of carbonyl (C=O) groups is 2. The van der Waals surface area contributed by atoms with Gasteiger partial charge in [0.2, 0.25) is 5.91 Å². The van der Waals surface area contributed by atoms with Gasteiger partial charge in [0.15, 0.2) is 0 Å². The number of hydrogen-bond donors (Lipinski definition) is 1. The Morgan fingerprint density at radius 3 is 2.34 bits per heavy atom. The standard InChI is InChI=1S/C30H31F3N2O3/c1-5-35-18-25(27(36)34-19(2)21-10-12-22(13-11-21)28(37)38-4)26-23(7-6-16-29(26,35)3)17-20-8-14-24(15-9-20)30(31,32)33/h6-16,18-19,26H,5,17H2,1-4H3,(H,34,36)/t19-,26?,29?/m0/s1. The molecule has 4 rings (SSSR count). The first-order chi connectivity index (χ1) is 18.0. The van der Waals surface area contributed by atoms with Crippen LogP contribution in [0.2, 0.25) is 0 Å². The quantitative estimate of drug-likeness (QED) is 0.452. The Balaban J connectivity index is 1.56. The number of nitrogens with one attached hydrogen (secondary N) is 1. The van der Waals surface area contributed by atoms with Gasteiger partial charge in [-0.25, -0.2) is 4.79 Å². The van der Waals surface area contributed by atoms with E-state index < -0.39 is 23.2 Å². The summed E-state index contributed by atoms with van der Waals surface area (Å²) in [5.41, 5.74) is 2.42. The van der Waals surface area contributed by atoms with Crippen LogP contribution in [0.5, 0.6) is 0 Å². The maximum Gasteiger partial charge on any atom is 0.416 e. The Labute approximate surface area is 220 Å². The maximum atomic E-state index is 13.6. The predicted molar refractivity (Wildman–Crippen MR) is 139 cm³/mol. The lowest BCUT2D eigenvalue weighted by molar-refractivity contribution is -0.137. The number of ether oxygens (including phenoxy) is 1. The molecule has 1 aliphatic heterocycles. The summed E-state index contributed by atoms with van der Waals surface area (Å²) in [5.74, 6) is -0.903. The van der Waals surface area contributed by atoms with Gasteiger partial charge in [-0.1, -0.05) is 48.1 Å². The number of rotatable bonds is 7. The fraction of sp³-hybridized carbons (Fsp3) is 0.333. The van der Waals surface area contributed by atoms with E-state index in [2.05, 4.69) is 23.2 Å². The van der Waals surface area contributed by atoms with Crippen molar-refractivity contribution in [1.29, 1.82) is 0 Å². The van der Waals surface area contributed by atoms with Crippen molar-refractivity contribution in [2.45, 2.75) is 44.9 Å². The fourth-order valence-electron chi connectivity index (χ4n) is 5.31. The van der Waals surface area contributed by atoms with Gasteiger partial charge in [0.05, 0.1) is 29.8 Å². The average Bonchev–Trinajstić information content (AvgIpc) is 3.21. The third-order valence-electron chi connectivity index (χ3n) is 7.40. The summed E-state index contributed by atoms with van der Waals surface area (Å²) in [6.07, 6.45) is 3.92. The zero-order chi connectivity index (χ0) is 27.7. The molecule has 8 heteroatoms. The van der Waals surface area contributed by atoms with Gasteiger partial charge in [-0.2, -0.15) is 13.2 Å². The highest BCUT2D eigenvalue weighted by atomic mass is 19.4. The number of hydrogen-bond acceptors (Lipinski definition) is 4. The molecule has 38 heavy (non-hydrogen) atoms. The van der Waals surface area contributed by atoms with Gasteiger partial charge in [0.1, 0.15) is 0 Å². The molecule has 2 aromatic rings. The van der Waals surface area contributed by atoms with Crippen molar-refractivity contribution in [3.63, 3.8) is 0 Å². The van der Waals surface area contributed by atoms with Crippen LogP contribution in [0.25, 0.3) is 0 Å². The third kappa shape index (κ3) is 5.26. The number of benzene rings is 2. The molecule has 0 radical (unpaired) electrons. The van der Waals surface area contributed by atoms with E-state index in [1.165, 1.54) is 19.2 Å². The number of alkyl halides is 3. The first kappa shape index (κ1) is 27.2. The predicted octanol–water partition coefficient (Wildman–Crippen LogP) is 6.00. The van der Waals surface area contributed by atoms with Crippen LogP contribution < -0.4 is 5.32 Å². The van der Waals surface area contributed by atoms with Crippen LogP contribution in [0.1, 0.15) is 53.9 Å². The van der Waals surface area contributed by atoms with Crippen LogP contribution in [-0.4, -0.2) is 36.0 Å². The van der Waals surface area contributed by atoms with Gasteiger partial charge in [-0.3, -0.25) is 4.79 Å². The van der Waals surface area contributed by atoms with Crippen molar-refractivity contribution in [3.8, 4) is 0 Å². The Hall–Kier alpha value is -3.81. The molecule has 1 aliphatic carbocycles. The summed E-state index contributed by atoms with van der Waals surface area (Å²) in [7, 11) is 1.32. The van der Waals surface area contributed by atoms with Crippen LogP contribution in [0.3, 0.4) is 0 Å². The molecule has 5 nitrogen and oxygen atoms in total. The molecular formula is C30H31F3N2O3. The summed E-state index contributed by atoms with van der Waals surface area (Å²) in [5, 5.41) is 3.08. The highest BCUT2D eigenvalue weighted by molar-refractivity contribution is 5.96. The lowest BCUT2D eigenvalue weighted by Gasteiger charge is -2.41. The summed E-state index contributed by atoms with van der Waals surface area (Å²) in [4.78, 5) is 27.5. The van der Waals surface area contributed by atoms with E-state index in [1.807, 2.05) is 32.2 Å². The molecular weight excluding hydrogens is 493 g/mol. The summed E-state index contributed by atoms with van der Waals surface area (Å²) in [6.45, 7) is 6.65. The first-order valence-electron chi connectivity index (χ1n) is 12.5. The molecule has 2 unspecified atom stereocenters. The Kier molecular flexibility index (Phi) is 7.54. The zero-order valence-corrected chi connectivity index (χ0v) is 21.8. The molecule has 1 N–H and O–H groups in total. The van der Waals surface area contributed by atoms with E-state index in [1.54, 1.807) is 24.3 Å². The second-order valence-electron chi connectivity index (χ2n) is 9.81. The summed E-state index contributed by atoms with van der Waals surface area (Å²) < 4.78 is 43.8. The molecule has 1 amide bonds. The second-order valence-corrected chi connectivity index (χ2v) is 9.81. The fourth-order valence-corrected chi connectivity index (χ4v) is 5.31. The van der Waals surface area contributed by atoms with E-state index in [9.17, 15) is 22.8 Å². The number of esters is 1. The molecule has 200 valence electrons. The van der Waals surface area contributed by atoms with Crippen molar-refractivity contribution in [2.75, 3.05) is 13.7 Å². The SMILES string of the molecule is CCN1C=C(C(=O)N[C@@H](C)c2ccc(C(=O)OC)cc2)C2C(Cc3ccc(C(F)(F)F)cc3)=CC=CC21C. The topological polar surface area (TPSA) is 58.6 Å². The molecule has 3 atom stereocenters. The van der Waals surface area contributed by atoms with Crippen LogP contribution in [-0.2, 0) is 22.1 Å². The van der Waals surface area contributed by atoms with Gasteiger partial charge < -0.3 is 15.0 Å². The van der Waals surface area contributed by atoms with Gasteiger partial charge in [0.25, 0.3) is 0 Å². The highest BCUT2D eigenvalue weighted by Crippen LogP contribution is 2.46. The molecule has 0 bridgehead atoms. The van der Waals surface area contributed by atoms with Crippen LogP contribution in [0.4, 0.5) is 13.2 Å². The first-order valence-corrected chi connectivity index (χ1v) is 12.5. The van der Waals surface area contributed by atoms with E-state index in [4.69, 9.17) is 4.74 Å². The number of methoxy groups -OCH3 is 1. The molecule has 2 aromatic carbocycles. The smallest absolute Gasteiger partial charge is 0.416 e. The van der Waals surface area contributed by atoms with Crippen molar-refractivity contribution in [1.82, 2.24) is 10.2 Å². The summed E-state index contributed by atoms with van der Waals surface area (Å²) >= 11 is 0. The summed E-state index contributed by atoms with van der Waals surface area (Å²) in [6, 6.07) is 11.7. The van der Waals surface area contributed by atoms with Crippen LogP contribution >= 0.6 is 0 Å². The van der Waals surface area contributed by atoms with Crippen LogP contribution in [0, 0.1) is 5.92 Å². The molecule has 0 saturated carbocycles. The lowest BCUT2D eigenvalue weighted by Crippen LogP contribution is -2.46. The van der Waals surface area contributed by atoms with Crippen LogP contribution in [0.15, 0.2) is 84.1 Å². The Bertz CT molecular complexity index is 1290. The monoisotopic (exact) mass is 524 g/mol. The minimum absolute atomic E-state index is 0.213. The van der Waals surface area contributed by atoms with Gasteiger partial charge in [-0.15, -0.1) is 0 Å². The molecule has 0 fully saturated rings. The number of nitrogens with zero attached hydrogens (tertiary/aromatic N) is 1. The van der Waals surface area contributed by atoms with Gasteiger partial charge in [0, 0.05) is 24.2 Å². The van der Waals surface area contributed by atoms with E-state index in [0.717, 1.165) is 28.8 Å². The van der Waals surface area contributed by atoms with Gasteiger partial charge in [-0.05, 0) is 62.6 Å². The molecule has 0 spiro atoms. The minimum atomic E-state index is -4.39. The van der Waals surface area contributed by atoms with E-state index in [-0.39, 0.29) is 17.9 Å². The Morgan fingerprint density at radius 2 is 1.76 bits per heavy atom. The van der Waals surface area contributed by atoms with Crippen molar-refractivity contribution in [2.24, 2.45) is 5.92 Å². The molecule has 0 saturated heterocycles. The Morgan fingerprint density at radius 1 is 1.11 bits per heavy atom. The van der Waals surface area contributed by atoms with Crippen molar-refractivity contribution in [3.05, 3.63) is 106 Å². The zero-order valence-electron chi connectivity index (χ0n) is 21.8. The van der Waals surface area contributed by atoms with E-state index in [0.29, 0.717) is 24.1 Å².